The van der Waals surface area contributed by atoms with Crippen LogP contribution in [0.4, 0.5) is 0 Å². The highest BCUT2D eigenvalue weighted by molar-refractivity contribution is 5.95. The Morgan fingerprint density at radius 1 is 0.892 bits per heavy atom. The van der Waals surface area contributed by atoms with Crippen molar-refractivity contribution in [3.05, 3.63) is 81.6 Å². The second kappa shape index (κ2) is 10.1. The number of carbonyl (C=O) groups is 2. The van der Waals surface area contributed by atoms with Crippen LogP contribution in [-0.2, 0) is 18.3 Å². The predicted molar refractivity (Wildman–Crippen MR) is 143 cm³/mol. The zero-order valence-electron chi connectivity index (χ0n) is 22.8. The molecule has 1 heterocycles. The Balaban J connectivity index is 2.04. The molecule has 0 saturated heterocycles. The third kappa shape index (κ3) is 4.78. The molecule has 0 aliphatic heterocycles. The highest BCUT2D eigenvalue weighted by atomic mass is 16.4. The predicted octanol–water partition coefficient (Wildman–Crippen LogP) is 3.77. The number of benzene rings is 2. The Hall–Kier alpha value is -3.52. The van der Waals surface area contributed by atoms with Crippen LogP contribution in [0.25, 0.3) is 0 Å². The Kier molecular flexibility index (Phi) is 7.24. The molecule has 0 saturated carbocycles. The van der Waals surface area contributed by atoms with Crippen LogP contribution in [0.15, 0.2) is 40.8 Å². The van der Waals surface area contributed by atoms with Gasteiger partial charge in [0.2, 0.25) is 11.8 Å². The van der Waals surface area contributed by atoms with Crippen molar-refractivity contribution in [3.63, 3.8) is 0 Å². The van der Waals surface area contributed by atoms with Gasteiger partial charge in [0.05, 0.1) is 0 Å². The highest BCUT2D eigenvalue weighted by Crippen LogP contribution is 2.48. The quantitative estimate of drug-likeness (QED) is 0.549. The number of amides is 2. The van der Waals surface area contributed by atoms with E-state index in [1.165, 1.54) is 0 Å². The van der Waals surface area contributed by atoms with Crippen LogP contribution in [0.2, 0.25) is 0 Å². The van der Waals surface area contributed by atoms with Crippen molar-refractivity contribution in [2.24, 2.45) is 5.73 Å². The van der Waals surface area contributed by atoms with Crippen molar-refractivity contribution in [2.75, 3.05) is 28.2 Å². The van der Waals surface area contributed by atoms with Gasteiger partial charge in [-0.25, -0.2) is 0 Å². The molecule has 2 aromatic carbocycles. The van der Waals surface area contributed by atoms with Crippen LogP contribution in [-0.4, -0.2) is 66.0 Å². The molecule has 2 amide bonds. The number of carbonyl (C=O) groups excluding carboxylic acids is 2. The van der Waals surface area contributed by atoms with Gasteiger partial charge in [-0.3, -0.25) is 9.59 Å². The van der Waals surface area contributed by atoms with Gasteiger partial charge in [-0.1, -0.05) is 26.0 Å². The number of nitrogens with zero attached hydrogens (tertiary/aromatic N) is 4. The average molecular weight is 504 g/mol. The summed E-state index contributed by atoms with van der Waals surface area (Å²) in [5.74, 6) is 1.00. The molecule has 3 aromatic rings. The normalized spacial score (nSPS) is 14.9. The number of hydrogen-bond donors (Lipinski definition) is 1. The first-order chi connectivity index (χ1) is 17.5. The van der Waals surface area contributed by atoms with Crippen LogP contribution >= 0.6 is 0 Å². The molecule has 0 unspecified atom stereocenters. The van der Waals surface area contributed by atoms with E-state index in [9.17, 15) is 9.59 Å². The molecule has 2 N–H and O–H groups in total. The fraction of sp³-hybridized carbons (Fsp3) is 0.448. The second-order valence-electron chi connectivity index (χ2n) is 10.8. The van der Waals surface area contributed by atoms with Crippen molar-refractivity contribution < 1.29 is 14.0 Å². The molecule has 1 atom stereocenters. The summed E-state index contributed by atoms with van der Waals surface area (Å²) in [5.41, 5.74) is 11.0. The zero-order chi connectivity index (χ0) is 27.1. The first-order valence-electron chi connectivity index (χ1n) is 12.7. The minimum absolute atomic E-state index is 0.0545. The maximum Gasteiger partial charge on any atom is 0.253 e. The summed E-state index contributed by atoms with van der Waals surface area (Å²) in [5, 5.41) is 8.95. The molecule has 37 heavy (non-hydrogen) atoms. The zero-order valence-corrected chi connectivity index (χ0v) is 22.8. The Bertz CT molecular complexity index is 1250. The van der Waals surface area contributed by atoms with E-state index in [1.54, 1.807) is 38.0 Å². The molecule has 1 aromatic heterocycles. The second-order valence-corrected chi connectivity index (χ2v) is 10.8. The summed E-state index contributed by atoms with van der Waals surface area (Å²) in [6.07, 6.45) is 1.92. The Morgan fingerprint density at radius 2 is 1.38 bits per heavy atom. The van der Waals surface area contributed by atoms with E-state index in [0.29, 0.717) is 42.2 Å². The van der Waals surface area contributed by atoms with Gasteiger partial charge in [0.25, 0.3) is 11.8 Å². The summed E-state index contributed by atoms with van der Waals surface area (Å²) in [4.78, 5) is 28.8. The standard InChI is InChI=1S/C29H37N5O3/c1-17(2)25-31-32-28(37-25)29(16-18(3)30)23-12-10-21(26(35)33(4)5)14-19(23)8-9-20-15-22(11-13-24(20)29)27(36)34(6)7/h10-15,17-18H,8-9,16,30H2,1-7H3/t18-/m0/s1. The summed E-state index contributed by atoms with van der Waals surface area (Å²) in [6, 6.07) is 11.5. The molecule has 1 aliphatic carbocycles. The number of hydrogen-bond acceptors (Lipinski definition) is 6. The fourth-order valence-corrected chi connectivity index (χ4v) is 5.29. The van der Waals surface area contributed by atoms with E-state index in [4.69, 9.17) is 10.2 Å². The molecule has 4 rings (SSSR count). The van der Waals surface area contributed by atoms with Gasteiger partial charge in [0, 0.05) is 51.3 Å². The lowest BCUT2D eigenvalue weighted by atomic mass is 9.68. The summed E-state index contributed by atoms with van der Waals surface area (Å²) >= 11 is 0. The fourth-order valence-electron chi connectivity index (χ4n) is 5.29. The van der Waals surface area contributed by atoms with Gasteiger partial charge in [0.15, 0.2) is 0 Å². The van der Waals surface area contributed by atoms with Gasteiger partial charge in [-0.05, 0) is 72.7 Å². The van der Waals surface area contributed by atoms with Gasteiger partial charge in [0.1, 0.15) is 5.41 Å². The van der Waals surface area contributed by atoms with E-state index >= 15 is 0 Å². The molecule has 0 bridgehead atoms. The van der Waals surface area contributed by atoms with Crippen molar-refractivity contribution >= 4 is 11.8 Å². The van der Waals surface area contributed by atoms with Crippen LogP contribution in [0.3, 0.4) is 0 Å². The smallest absolute Gasteiger partial charge is 0.253 e. The van der Waals surface area contributed by atoms with Crippen molar-refractivity contribution in [3.8, 4) is 0 Å². The highest BCUT2D eigenvalue weighted by Gasteiger charge is 2.46. The van der Waals surface area contributed by atoms with E-state index < -0.39 is 5.41 Å². The van der Waals surface area contributed by atoms with Gasteiger partial charge < -0.3 is 20.0 Å². The first-order valence-corrected chi connectivity index (χ1v) is 12.7. The number of rotatable bonds is 6. The Morgan fingerprint density at radius 3 is 1.76 bits per heavy atom. The number of fused-ring (bicyclic) bond motifs is 2. The molecular formula is C29H37N5O3. The molecule has 196 valence electrons. The number of aromatic nitrogens is 2. The molecule has 0 fully saturated rings. The van der Waals surface area contributed by atoms with Crippen molar-refractivity contribution in [2.45, 2.75) is 57.4 Å². The van der Waals surface area contributed by atoms with Crippen LogP contribution in [0.5, 0.6) is 0 Å². The topological polar surface area (TPSA) is 106 Å². The van der Waals surface area contributed by atoms with Gasteiger partial charge in [-0.2, -0.15) is 0 Å². The minimum atomic E-state index is -0.825. The first kappa shape index (κ1) is 26.5. The maximum absolute atomic E-state index is 12.8. The van der Waals surface area contributed by atoms with Gasteiger partial charge >= 0.3 is 0 Å². The van der Waals surface area contributed by atoms with Crippen molar-refractivity contribution in [1.29, 1.82) is 0 Å². The maximum atomic E-state index is 12.8. The minimum Gasteiger partial charge on any atom is -0.424 e. The average Bonchev–Trinajstić information content (AvgIpc) is 3.31. The largest absolute Gasteiger partial charge is 0.424 e. The molecule has 0 radical (unpaired) electrons. The van der Waals surface area contributed by atoms with Crippen LogP contribution < -0.4 is 5.73 Å². The van der Waals surface area contributed by atoms with E-state index in [2.05, 4.69) is 10.2 Å². The Labute approximate surface area is 218 Å². The third-order valence-corrected chi connectivity index (χ3v) is 7.03. The number of nitrogens with two attached hydrogens (primary N) is 1. The number of aryl methyl sites for hydroxylation is 2. The molecule has 8 nitrogen and oxygen atoms in total. The van der Waals surface area contributed by atoms with Crippen LogP contribution in [0.1, 0.15) is 87.9 Å². The molecule has 8 heteroatoms. The summed E-state index contributed by atoms with van der Waals surface area (Å²) < 4.78 is 6.36. The summed E-state index contributed by atoms with van der Waals surface area (Å²) in [7, 11) is 7.00. The molecular weight excluding hydrogens is 466 g/mol. The van der Waals surface area contributed by atoms with E-state index in [-0.39, 0.29) is 23.8 Å². The molecule has 0 spiro atoms. The van der Waals surface area contributed by atoms with Crippen LogP contribution in [0, 0.1) is 0 Å². The monoisotopic (exact) mass is 503 g/mol. The van der Waals surface area contributed by atoms with E-state index in [1.807, 2.05) is 57.2 Å². The lowest BCUT2D eigenvalue weighted by Gasteiger charge is -2.35. The molecule has 1 aliphatic rings. The van der Waals surface area contributed by atoms with E-state index in [0.717, 1.165) is 22.3 Å². The summed E-state index contributed by atoms with van der Waals surface area (Å²) in [6.45, 7) is 6.01. The lowest BCUT2D eigenvalue weighted by Crippen LogP contribution is -2.37. The third-order valence-electron chi connectivity index (χ3n) is 7.03. The van der Waals surface area contributed by atoms with Gasteiger partial charge in [-0.15, -0.1) is 10.2 Å². The van der Waals surface area contributed by atoms with Crippen molar-refractivity contribution in [1.82, 2.24) is 20.0 Å². The lowest BCUT2D eigenvalue weighted by molar-refractivity contribution is 0.0820. The SMILES string of the molecule is CC(C)c1nnc(C2(C[C@H](C)N)c3ccc(C(=O)N(C)C)cc3CCc3cc(C(=O)N(C)C)ccc32)o1.